The van der Waals surface area contributed by atoms with Crippen LogP contribution in [-0.4, -0.2) is 0 Å². The number of rotatable bonds is 4. The molecular formula is C19H34. The molecule has 0 aliphatic heterocycles. The number of hydrogen-bond acceptors (Lipinski definition) is 0. The van der Waals surface area contributed by atoms with Gasteiger partial charge < -0.3 is 0 Å². The maximum Gasteiger partial charge on any atom is -0.00293 e. The van der Waals surface area contributed by atoms with Crippen molar-refractivity contribution < 1.29 is 0 Å². The highest BCUT2D eigenvalue weighted by Gasteiger charge is 1.98. The van der Waals surface area contributed by atoms with Gasteiger partial charge in [0.25, 0.3) is 0 Å². The van der Waals surface area contributed by atoms with Gasteiger partial charge in [-0.1, -0.05) is 91.2 Å². The van der Waals surface area contributed by atoms with Crippen molar-refractivity contribution in [1.29, 1.82) is 0 Å². The Hall–Kier alpha value is -1.30. The highest BCUT2D eigenvalue weighted by Crippen LogP contribution is 2.18. The standard InChI is InChI=1S/C13H16.3C2H6/c1-3-8-12(4-2)11-13-9-6-5-7-10-13;3*1-2/h3-4,6,8-10H,1-2,5,7,11H2;3*1-2H3/b12-8+;;;. The minimum Gasteiger partial charge on any atom is -0.0991 e. The maximum absolute atomic E-state index is 3.78. The fourth-order valence-electron chi connectivity index (χ4n) is 1.39. The van der Waals surface area contributed by atoms with Crippen LogP contribution in [-0.2, 0) is 0 Å². The fourth-order valence-corrected chi connectivity index (χ4v) is 1.39. The molecule has 0 atom stereocenters. The largest absolute Gasteiger partial charge is 0.0991 e. The molecule has 0 spiro atoms. The van der Waals surface area contributed by atoms with Crippen LogP contribution in [0.2, 0.25) is 0 Å². The number of allylic oxidation sites excluding steroid dienone is 8. The van der Waals surface area contributed by atoms with Crippen molar-refractivity contribution in [3.63, 3.8) is 0 Å². The van der Waals surface area contributed by atoms with Crippen molar-refractivity contribution in [3.8, 4) is 0 Å². The minimum atomic E-state index is 0.978. The van der Waals surface area contributed by atoms with E-state index in [1.54, 1.807) is 0 Å². The Kier molecular flexibility index (Phi) is 26.4. The molecule has 1 aliphatic carbocycles. The molecule has 0 aromatic rings. The molecule has 0 aromatic carbocycles. The molecule has 0 unspecified atom stereocenters. The van der Waals surface area contributed by atoms with Gasteiger partial charge in [-0.2, -0.15) is 0 Å². The molecule has 19 heavy (non-hydrogen) atoms. The molecule has 0 nitrogen and oxygen atoms in total. The van der Waals surface area contributed by atoms with Crippen molar-refractivity contribution in [2.75, 3.05) is 0 Å². The van der Waals surface area contributed by atoms with Crippen molar-refractivity contribution in [2.24, 2.45) is 0 Å². The Labute approximate surface area is 122 Å². The van der Waals surface area contributed by atoms with Crippen LogP contribution in [0.15, 0.2) is 60.8 Å². The molecule has 0 heteroatoms. The van der Waals surface area contributed by atoms with Crippen molar-refractivity contribution in [2.45, 2.75) is 60.8 Å². The average molecular weight is 262 g/mol. The van der Waals surface area contributed by atoms with Crippen molar-refractivity contribution >= 4 is 0 Å². The quantitative estimate of drug-likeness (QED) is 0.477. The van der Waals surface area contributed by atoms with Gasteiger partial charge in [-0.25, -0.2) is 0 Å². The molecule has 0 fully saturated rings. The lowest BCUT2D eigenvalue weighted by atomic mass is 9.99. The Balaban J connectivity index is -0.000000375. The zero-order chi connectivity index (χ0) is 15.5. The summed E-state index contributed by atoms with van der Waals surface area (Å²) in [6.07, 6.45) is 15.8. The van der Waals surface area contributed by atoms with Crippen LogP contribution in [0.4, 0.5) is 0 Å². The third kappa shape index (κ3) is 14.6. The highest BCUT2D eigenvalue weighted by molar-refractivity contribution is 5.33. The molecule has 0 heterocycles. The predicted molar refractivity (Wildman–Crippen MR) is 93.6 cm³/mol. The molecular weight excluding hydrogens is 228 g/mol. The third-order valence-electron chi connectivity index (χ3n) is 2.07. The molecule has 110 valence electrons. The maximum atomic E-state index is 3.78. The van der Waals surface area contributed by atoms with Gasteiger partial charge in [0, 0.05) is 0 Å². The number of hydrogen-bond donors (Lipinski definition) is 0. The van der Waals surface area contributed by atoms with Crippen LogP contribution < -0.4 is 0 Å². The Morgan fingerprint density at radius 3 is 2.00 bits per heavy atom. The van der Waals surface area contributed by atoms with E-state index in [0.717, 1.165) is 6.42 Å². The summed E-state index contributed by atoms with van der Waals surface area (Å²) in [5.41, 5.74) is 2.62. The second kappa shape index (κ2) is 21.9. The lowest BCUT2D eigenvalue weighted by molar-refractivity contribution is 0.995. The van der Waals surface area contributed by atoms with Crippen LogP contribution in [0, 0.1) is 0 Å². The highest BCUT2D eigenvalue weighted by atomic mass is 14.0. The topological polar surface area (TPSA) is 0 Å². The van der Waals surface area contributed by atoms with E-state index in [9.17, 15) is 0 Å². The van der Waals surface area contributed by atoms with E-state index >= 15 is 0 Å². The summed E-state index contributed by atoms with van der Waals surface area (Å²) in [5.74, 6) is 0. The van der Waals surface area contributed by atoms with Gasteiger partial charge in [-0.05, 0) is 30.4 Å². The SMILES string of the molecule is C=C/C=C(\C=C)CC1=CCCC=C1.CC.CC.CC. The monoisotopic (exact) mass is 262 g/mol. The molecule has 0 radical (unpaired) electrons. The normalized spacial score (nSPS) is 12.3. The second-order valence-corrected chi connectivity index (χ2v) is 3.12. The van der Waals surface area contributed by atoms with Crippen LogP contribution in [0.1, 0.15) is 60.8 Å². The van der Waals surface area contributed by atoms with E-state index in [1.165, 1.54) is 24.0 Å². The van der Waals surface area contributed by atoms with E-state index in [0.29, 0.717) is 0 Å². The third-order valence-corrected chi connectivity index (χ3v) is 2.07. The lowest BCUT2D eigenvalue weighted by Gasteiger charge is -2.06. The Morgan fingerprint density at radius 2 is 1.63 bits per heavy atom. The molecule has 0 saturated heterocycles. The molecule has 0 amide bonds. The van der Waals surface area contributed by atoms with Gasteiger partial charge in [-0.3, -0.25) is 0 Å². The van der Waals surface area contributed by atoms with Crippen LogP contribution in [0.5, 0.6) is 0 Å². The lowest BCUT2D eigenvalue weighted by Crippen LogP contribution is -1.87. The van der Waals surface area contributed by atoms with E-state index in [2.05, 4.69) is 31.4 Å². The van der Waals surface area contributed by atoms with Crippen LogP contribution in [0.3, 0.4) is 0 Å². The summed E-state index contributed by atoms with van der Waals surface area (Å²) in [7, 11) is 0. The summed E-state index contributed by atoms with van der Waals surface area (Å²) in [6.45, 7) is 19.5. The summed E-state index contributed by atoms with van der Waals surface area (Å²) in [6, 6.07) is 0. The zero-order valence-corrected chi connectivity index (χ0v) is 14.0. The average Bonchev–Trinajstić information content (AvgIpc) is 2.54. The predicted octanol–water partition coefficient (Wildman–Crippen LogP) is 7.03. The van der Waals surface area contributed by atoms with Gasteiger partial charge >= 0.3 is 0 Å². The molecule has 0 saturated carbocycles. The summed E-state index contributed by atoms with van der Waals surface area (Å²) >= 11 is 0. The summed E-state index contributed by atoms with van der Waals surface area (Å²) in [4.78, 5) is 0. The summed E-state index contributed by atoms with van der Waals surface area (Å²) < 4.78 is 0. The molecule has 0 N–H and O–H groups in total. The minimum absolute atomic E-state index is 0.978. The van der Waals surface area contributed by atoms with E-state index < -0.39 is 0 Å². The summed E-state index contributed by atoms with van der Waals surface area (Å²) in [5, 5.41) is 0. The Bertz CT molecular complexity index is 274. The van der Waals surface area contributed by atoms with Crippen molar-refractivity contribution in [1.82, 2.24) is 0 Å². The fraction of sp³-hybridized carbons (Fsp3) is 0.474. The van der Waals surface area contributed by atoms with Crippen molar-refractivity contribution in [3.05, 3.63) is 60.8 Å². The molecule has 0 bridgehead atoms. The second-order valence-electron chi connectivity index (χ2n) is 3.12. The first-order chi connectivity index (χ1) is 9.36. The first-order valence-corrected chi connectivity index (χ1v) is 7.66. The van der Waals surface area contributed by atoms with E-state index in [1.807, 2.05) is 59.8 Å². The van der Waals surface area contributed by atoms with Gasteiger partial charge in [0.15, 0.2) is 0 Å². The van der Waals surface area contributed by atoms with E-state index in [-0.39, 0.29) is 0 Å². The van der Waals surface area contributed by atoms with E-state index in [4.69, 9.17) is 0 Å². The molecule has 1 aliphatic rings. The smallest absolute Gasteiger partial charge is 0.00293 e. The first-order valence-electron chi connectivity index (χ1n) is 7.66. The Morgan fingerprint density at radius 1 is 1.05 bits per heavy atom. The molecule has 0 aromatic heterocycles. The van der Waals surface area contributed by atoms with Gasteiger partial charge in [-0.15, -0.1) is 0 Å². The van der Waals surface area contributed by atoms with Gasteiger partial charge in [0.05, 0.1) is 0 Å². The zero-order valence-electron chi connectivity index (χ0n) is 14.0. The first kappa shape index (κ1) is 22.8. The molecule has 1 rings (SSSR count). The van der Waals surface area contributed by atoms with Crippen LogP contribution >= 0.6 is 0 Å². The van der Waals surface area contributed by atoms with Gasteiger partial charge in [0.2, 0.25) is 0 Å². The van der Waals surface area contributed by atoms with Gasteiger partial charge in [0.1, 0.15) is 0 Å². The van der Waals surface area contributed by atoms with Crippen LogP contribution in [0.25, 0.3) is 0 Å².